The zero-order valence-corrected chi connectivity index (χ0v) is 13.8. The monoisotopic (exact) mass is 329 g/mol. The summed E-state index contributed by atoms with van der Waals surface area (Å²) in [5.74, 6) is 0.879. The minimum absolute atomic E-state index is 0.158. The predicted octanol–water partition coefficient (Wildman–Crippen LogP) is 4.26. The van der Waals surface area contributed by atoms with E-state index >= 15 is 0 Å². The van der Waals surface area contributed by atoms with Crippen LogP contribution in [0, 0.1) is 0 Å². The number of aryl methyl sites for hydroxylation is 1. The molecule has 1 unspecified atom stereocenters. The van der Waals surface area contributed by atoms with Crippen molar-refractivity contribution in [3.63, 3.8) is 0 Å². The summed E-state index contributed by atoms with van der Waals surface area (Å²) >= 11 is 13.9. The summed E-state index contributed by atoms with van der Waals surface area (Å²) < 4.78 is 1.94. The third kappa shape index (κ3) is 3.70. The second-order valence-corrected chi connectivity index (χ2v) is 6.24. The van der Waals surface area contributed by atoms with E-state index in [0.29, 0.717) is 5.02 Å². The van der Waals surface area contributed by atoms with Gasteiger partial charge in [0, 0.05) is 22.2 Å². The van der Waals surface area contributed by atoms with Crippen LogP contribution in [0.5, 0.6) is 0 Å². The number of hydrogen-bond donors (Lipinski definition) is 1. The van der Waals surface area contributed by atoms with Crippen molar-refractivity contribution >= 4 is 35.0 Å². The molecule has 0 bridgehead atoms. The normalized spacial score (nSPS) is 12.6. The Balaban J connectivity index is 2.09. The van der Waals surface area contributed by atoms with Gasteiger partial charge in [-0.25, -0.2) is 0 Å². The molecule has 1 heterocycles. The topological polar surface area (TPSA) is 29.9 Å². The molecule has 0 saturated heterocycles. The number of hydrogen-bond acceptors (Lipinski definition) is 3. The molecule has 2 rings (SSSR count). The van der Waals surface area contributed by atoms with E-state index in [1.807, 2.05) is 36.0 Å². The summed E-state index contributed by atoms with van der Waals surface area (Å²) in [6.07, 6.45) is 1.71. The molecule has 0 aliphatic carbocycles. The number of benzene rings is 1. The Morgan fingerprint density at radius 2 is 2.00 bits per heavy atom. The quantitative estimate of drug-likeness (QED) is 0.803. The van der Waals surface area contributed by atoms with Crippen LogP contribution >= 0.6 is 35.0 Å². The first-order valence-corrected chi connectivity index (χ1v) is 8.16. The Labute approximate surface area is 133 Å². The Bertz CT molecular complexity index is 554. The van der Waals surface area contributed by atoms with Crippen molar-refractivity contribution in [1.29, 1.82) is 0 Å². The van der Waals surface area contributed by atoms with E-state index in [1.54, 1.807) is 18.0 Å². The lowest BCUT2D eigenvalue weighted by molar-refractivity contribution is 0.549. The third-order valence-electron chi connectivity index (χ3n) is 3.04. The highest BCUT2D eigenvalue weighted by molar-refractivity contribution is 7.99. The lowest BCUT2D eigenvalue weighted by Gasteiger charge is -2.18. The van der Waals surface area contributed by atoms with Crippen LogP contribution in [0.4, 0.5) is 0 Å². The van der Waals surface area contributed by atoms with Crippen molar-refractivity contribution in [3.8, 4) is 0 Å². The minimum Gasteiger partial charge on any atom is -0.311 e. The summed E-state index contributed by atoms with van der Waals surface area (Å²) in [5.41, 5.74) is 1.04. The van der Waals surface area contributed by atoms with Crippen molar-refractivity contribution in [2.45, 2.75) is 24.4 Å². The molecule has 0 saturated carbocycles. The number of nitrogens with one attached hydrogen (secondary N) is 1. The van der Waals surface area contributed by atoms with Crippen LogP contribution in [0.2, 0.25) is 10.0 Å². The Kier molecular flexibility index (Phi) is 5.78. The van der Waals surface area contributed by atoms with Crippen molar-refractivity contribution in [3.05, 3.63) is 46.2 Å². The first kappa shape index (κ1) is 15.7. The Hall–Kier alpha value is -0.680. The molecular formula is C14H17Cl2N3S. The van der Waals surface area contributed by atoms with Gasteiger partial charge in [0.2, 0.25) is 0 Å². The molecule has 108 valence electrons. The van der Waals surface area contributed by atoms with Crippen LogP contribution < -0.4 is 5.32 Å². The van der Waals surface area contributed by atoms with E-state index in [2.05, 4.69) is 17.3 Å². The molecule has 0 aliphatic heterocycles. The fraction of sp³-hybridized carbons (Fsp3) is 0.357. The van der Waals surface area contributed by atoms with E-state index in [9.17, 15) is 0 Å². The van der Waals surface area contributed by atoms with Gasteiger partial charge in [0.05, 0.1) is 23.0 Å². The van der Waals surface area contributed by atoms with Gasteiger partial charge in [0.1, 0.15) is 0 Å². The highest BCUT2D eigenvalue weighted by Gasteiger charge is 2.18. The molecule has 6 heteroatoms. The van der Waals surface area contributed by atoms with Crippen LogP contribution in [0.25, 0.3) is 0 Å². The summed E-state index contributed by atoms with van der Waals surface area (Å²) in [7, 11) is 1.94. The van der Waals surface area contributed by atoms with Crippen LogP contribution in [0.1, 0.15) is 18.7 Å². The first-order valence-electron chi connectivity index (χ1n) is 6.42. The van der Waals surface area contributed by atoms with Crippen molar-refractivity contribution in [2.75, 3.05) is 12.8 Å². The maximum atomic E-state index is 6.25. The van der Waals surface area contributed by atoms with E-state index < -0.39 is 0 Å². The molecule has 0 fully saturated rings. The molecule has 2 aromatic rings. The zero-order valence-electron chi connectivity index (χ0n) is 11.4. The zero-order chi connectivity index (χ0) is 14.5. The first-order chi connectivity index (χ1) is 9.65. The van der Waals surface area contributed by atoms with Crippen LogP contribution in [-0.4, -0.2) is 22.6 Å². The molecule has 3 nitrogen and oxygen atoms in total. The summed E-state index contributed by atoms with van der Waals surface area (Å²) in [5, 5.41) is 9.06. The Morgan fingerprint density at radius 3 is 2.60 bits per heavy atom. The second kappa shape index (κ2) is 7.36. The summed E-state index contributed by atoms with van der Waals surface area (Å²) in [4.78, 5) is 1.19. The molecule has 20 heavy (non-hydrogen) atoms. The number of aromatic nitrogens is 2. The van der Waals surface area contributed by atoms with Gasteiger partial charge in [-0.15, -0.1) is 11.8 Å². The average molecular weight is 330 g/mol. The SMILES string of the molecule is CCn1ncc(Cl)c1C(CSc1ccc(Cl)cc1)NC. The van der Waals surface area contributed by atoms with Crippen molar-refractivity contribution in [1.82, 2.24) is 15.1 Å². The lowest BCUT2D eigenvalue weighted by Crippen LogP contribution is -2.22. The fourth-order valence-electron chi connectivity index (χ4n) is 1.98. The number of thioether (sulfide) groups is 1. The molecule has 0 spiro atoms. The molecular weight excluding hydrogens is 313 g/mol. The molecule has 1 N–H and O–H groups in total. The van der Waals surface area contributed by atoms with Gasteiger partial charge in [-0.3, -0.25) is 4.68 Å². The fourth-order valence-corrected chi connectivity index (χ4v) is 3.39. The predicted molar refractivity (Wildman–Crippen MR) is 86.9 cm³/mol. The van der Waals surface area contributed by atoms with Gasteiger partial charge < -0.3 is 5.32 Å². The van der Waals surface area contributed by atoms with Crippen molar-refractivity contribution < 1.29 is 0 Å². The number of rotatable bonds is 6. The van der Waals surface area contributed by atoms with Crippen LogP contribution in [0.3, 0.4) is 0 Å². The molecule has 0 aliphatic rings. The van der Waals surface area contributed by atoms with E-state index in [4.69, 9.17) is 23.2 Å². The smallest absolute Gasteiger partial charge is 0.0834 e. The molecule has 0 amide bonds. The third-order valence-corrected chi connectivity index (χ3v) is 4.69. The van der Waals surface area contributed by atoms with Crippen LogP contribution in [-0.2, 0) is 6.54 Å². The number of nitrogens with zero attached hydrogens (tertiary/aromatic N) is 2. The largest absolute Gasteiger partial charge is 0.311 e. The van der Waals surface area contributed by atoms with Gasteiger partial charge in [0.15, 0.2) is 0 Å². The van der Waals surface area contributed by atoms with Gasteiger partial charge in [-0.05, 0) is 38.2 Å². The average Bonchev–Trinajstić information content (AvgIpc) is 2.83. The standard InChI is InChI=1S/C14H17Cl2N3S/c1-3-19-14(12(16)8-18-19)13(17-2)9-20-11-6-4-10(15)5-7-11/h4-8,13,17H,3,9H2,1-2H3. The van der Waals surface area contributed by atoms with Crippen molar-refractivity contribution in [2.24, 2.45) is 0 Å². The lowest BCUT2D eigenvalue weighted by atomic mass is 10.2. The summed E-state index contributed by atoms with van der Waals surface area (Å²) in [6, 6.07) is 8.02. The van der Waals surface area contributed by atoms with E-state index in [-0.39, 0.29) is 6.04 Å². The second-order valence-electron chi connectivity index (χ2n) is 4.30. The van der Waals surface area contributed by atoms with E-state index in [0.717, 1.165) is 23.0 Å². The van der Waals surface area contributed by atoms with Crippen LogP contribution in [0.15, 0.2) is 35.4 Å². The highest BCUT2D eigenvalue weighted by atomic mass is 35.5. The molecule has 1 atom stereocenters. The van der Waals surface area contributed by atoms with Gasteiger partial charge in [-0.1, -0.05) is 23.2 Å². The van der Waals surface area contributed by atoms with Gasteiger partial charge in [-0.2, -0.15) is 5.10 Å². The molecule has 1 aromatic carbocycles. The molecule has 0 radical (unpaired) electrons. The highest BCUT2D eigenvalue weighted by Crippen LogP contribution is 2.29. The molecule has 1 aromatic heterocycles. The van der Waals surface area contributed by atoms with Gasteiger partial charge >= 0.3 is 0 Å². The number of halogens is 2. The van der Waals surface area contributed by atoms with Gasteiger partial charge in [0.25, 0.3) is 0 Å². The Morgan fingerprint density at radius 1 is 1.30 bits per heavy atom. The minimum atomic E-state index is 0.158. The van der Waals surface area contributed by atoms with E-state index in [1.165, 1.54) is 4.90 Å². The maximum absolute atomic E-state index is 6.25. The summed E-state index contributed by atoms with van der Waals surface area (Å²) in [6.45, 7) is 2.87. The maximum Gasteiger partial charge on any atom is 0.0834 e.